The van der Waals surface area contributed by atoms with Crippen LogP contribution >= 0.6 is 0 Å². The Kier molecular flexibility index (Phi) is 3.42. The lowest BCUT2D eigenvalue weighted by atomic mass is 10.3. The first-order chi connectivity index (χ1) is 7.36. The van der Waals surface area contributed by atoms with Gasteiger partial charge in [0.15, 0.2) is 0 Å². The summed E-state index contributed by atoms with van der Waals surface area (Å²) >= 11 is 0. The topological polar surface area (TPSA) is 53.7 Å². The molecule has 1 heterocycles. The SMILES string of the molecule is Nc1ccccc1OCCOC1COC1. The van der Waals surface area contributed by atoms with E-state index in [0.717, 1.165) is 0 Å². The van der Waals surface area contributed by atoms with E-state index in [1.54, 1.807) is 0 Å². The molecule has 1 saturated heterocycles. The van der Waals surface area contributed by atoms with Gasteiger partial charge in [-0.3, -0.25) is 0 Å². The number of nitrogen functional groups attached to an aromatic ring is 1. The lowest BCUT2D eigenvalue weighted by Gasteiger charge is -2.25. The first kappa shape index (κ1) is 10.3. The van der Waals surface area contributed by atoms with Crippen molar-refractivity contribution in [1.82, 2.24) is 0 Å². The molecule has 0 unspecified atom stereocenters. The second-order valence-corrected chi connectivity index (χ2v) is 3.42. The molecule has 1 fully saturated rings. The molecule has 2 rings (SSSR count). The van der Waals surface area contributed by atoms with Gasteiger partial charge in [-0.05, 0) is 12.1 Å². The Morgan fingerprint density at radius 3 is 2.73 bits per heavy atom. The van der Waals surface area contributed by atoms with Gasteiger partial charge in [-0.1, -0.05) is 12.1 Å². The largest absolute Gasteiger partial charge is 0.489 e. The zero-order chi connectivity index (χ0) is 10.5. The van der Waals surface area contributed by atoms with Crippen LogP contribution in [0.2, 0.25) is 0 Å². The van der Waals surface area contributed by atoms with Gasteiger partial charge in [0, 0.05) is 0 Å². The summed E-state index contributed by atoms with van der Waals surface area (Å²) in [6.45, 7) is 2.49. The van der Waals surface area contributed by atoms with E-state index in [2.05, 4.69) is 0 Å². The quantitative estimate of drug-likeness (QED) is 0.582. The number of hydrogen-bond acceptors (Lipinski definition) is 4. The minimum absolute atomic E-state index is 0.252. The van der Waals surface area contributed by atoms with Crippen LogP contribution in [-0.4, -0.2) is 32.5 Å². The van der Waals surface area contributed by atoms with Gasteiger partial charge in [-0.2, -0.15) is 0 Å². The van der Waals surface area contributed by atoms with Crippen LogP contribution in [0.4, 0.5) is 5.69 Å². The lowest BCUT2D eigenvalue weighted by molar-refractivity contribution is -0.132. The average Bonchev–Trinajstić information content (AvgIpc) is 2.17. The number of benzene rings is 1. The predicted octanol–water partition coefficient (Wildman–Crippen LogP) is 1.06. The fraction of sp³-hybridized carbons (Fsp3) is 0.455. The minimum Gasteiger partial charge on any atom is -0.489 e. The first-order valence-corrected chi connectivity index (χ1v) is 5.03. The van der Waals surface area contributed by atoms with E-state index in [1.165, 1.54) is 0 Å². The van der Waals surface area contributed by atoms with Crippen molar-refractivity contribution in [3.8, 4) is 5.75 Å². The molecule has 1 aliphatic rings. The third-order valence-electron chi connectivity index (χ3n) is 2.22. The van der Waals surface area contributed by atoms with Crippen LogP contribution in [0.25, 0.3) is 0 Å². The molecule has 0 spiro atoms. The Bertz CT molecular complexity index is 312. The number of ether oxygens (including phenoxy) is 3. The van der Waals surface area contributed by atoms with E-state index in [9.17, 15) is 0 Å². The van der Waals surface area contributed by atoms with Crippen LogP contribution in [0, 0.1) is 0 Å². The Morgan fingerprint density at radius 1 is 1.27 bits per heavy atom. The molecule has 0 amide bonds. The van der Waals surface area contributed by atoms with Crippen molar-refractivity contribution in [1.29, 1.82) is 0 Å². The van der Waals surface area contributed by atoms with Gasteiger partial charge in [0.25, 0.3) is 0 Å². The number of anilines is 1. The average molecular weight is 209 g/mol. The number of hydrogen-bond donors (Lipinski definition) is 1. The van der Waals surface area contributed by atoms with E-state index < -0.39 is 0 Å². The van der Waals surface area contributed by atoms with Crippen molar-refractivity contribution >= 4 is 5.69 Å². The summed E-state index contributed by atoms with van der Waals surface area (Å²) in [7, 11) is 0. The zero-order valence-electron chi connectivity index (χ0n) is 8.52. The Morgan fingerprint density at radius 2 is 2.07 bits per heavy atom. The molecule has 15 heavy (non-hydrogen) atoms. The van der Waals surface area contributed by atoms with Gasteiger partial charge >= 0.3 is 0 Å². The molecule has 2 N–H and O–H groups in total. The lowest BCUT2D eigenvalue weighted by Crippen LogP contribution is -2.37. The summed E-state index contributed by atoms with van der Waals surface area (Å²) in [6, 6.07) is 7.44. The van der Waals surface area contributed by atoms with Crippen LogP contribution in [0.5, 0.6) is 5.75 Å². The molecule has 0 radical (unpaired) electrons. The van der Waals surface area contributed by atoms with Crippen molar-refractivity contribution in [2.24, 2.45) is 0 Å². The molecule has 0 atom stereocenters. The van der Waals surface area contributed by atoms with Gasteiger partial charge in [0.05, 0.1) is 25.5 Å². The summed E-state index contributed by atoms with van der Waals surface area (Å²) in [5.74, 6) is 0.714. The van der Waals surface area contributed by atoms with Crippen molar-refractivity contribution in [2.75, 3.05) is 32.2 Å². The Balaban J connectivity index is 1.66. The second kappa shape index (κ2) is 5.00. The van der Waals surface area contributed by atoms with Gasteiger partial charge in [-0.25, -0.2) is 0 Å². The highest BCUT2D eigenvalue weighted by atomic mass is 16.6. The van der Waals surface area contributed by atoms with Crippen molar-refractivity contribution in [2.45, 2.75) is 6.10 Å². The number of rotatable bonds is 5. The zero-order valence-corrected chi connectivity index (χ0v) is 8.52. The maximum Gasteiger partial charge on any atom is 0.142 e. The summed E-state index contributed by atoms with van der Waals surface area (Å²) in [5.41, 5.74) is 6.37. The molecule has 0 bridgehead atoms. The molecule has 1 aromatic carbocycles. The maximum absolute atomic E-state index is 5.71. The number of nitrogens with two attached hydrogens (primary N) is 1. The molecular formula is C11H15NO3. The highest BCUT2D eigenvalue weighted by molar-refractivity contribution is 5.51. The van der Waals surface area contributed by atoms with Gasteiger partial charge in [0.1, 0.15) is 18.5 Å². The molecule has 1 aromatic rings. The highest BCUT2D eigenvalue weighted by Crippen LogP contribution is 2.19. The predicted molar refractivity (Wildman–Crippen MR) is 56.9 cm³/mol. The normalized spacial score (nSPS) is 16.0. The molecule has 4 nitrogen and oxygen atoms in total. The molecule has 1 aliphatic heterocycles. The van der Waals surface area contributed by atoms with E-state index in [-0.39, 0.29) is 6.10 Å². The van der Waals surface area contributed by atoms with Gasteiger partial charge in [0.2, 0.25) is 0 Å². The van der Waals surface area contributed by atoms with Gasteiger partial charge in [-0.15, -0.1) is 0 Å². The highest BCUT2D eigenvalue weighted by Gasteiger charge is 2.18. The van der Waals surface area contributed by atoms with E-state index in [0.29, 0.717) is 37.9 Å². The standard InChI is InChI=1S/C11H15NO3/c12-10-3-1-2-4-11(10)15-6-5-14-9-7-13-8-9/h1-4,9H,5-8,12H2. The molecule has 0 aromatic heterocycles. The first-order valence-electron chi connectivity index (χ1n) is 5.03. The third-order valence-corrected chi connectivity index (χ3v) is 2.22. The Labute approximate surface area is 88.9 Å². The summed E-state index contributed by atoms with van der Waals surface area (Å²) in [4.78, 5) is 0. The molecule has 0 aliphatic carbocycles. The van der Waals surface area contributed by atoms with Crippen LogP contribution in [0.15, 0.2) is 24.3 Å². The minimum atomic E-state index is 0.252. The summed E-state index contributed by atoms with van der Waals surface area (Å²) in [6.07, 6.45) is 0.252. The maximum atomic E-state index is 5.71. The van der Waals surface area contributed by atoms with Crippen molar-refractivity contribution in [3.05, 3.63) is 24.3 Å². The molecule has 0 saturated carbocycles. The Hall–Kier alpha value is -1.26. The molecule has 4 heteroatoms. The summed E-state index contributed by atoms with van der Waals surface area (Å²) in [5, 5.41) is 0. The molecular weight excluding hydrogens is 194 g/mol. The van der Waals surface area contributed by atoms with E-state index >= 15 is 0 Å². The van der Waals surface area contributed by atoms with Gasteiger partial charge < -0.3 is 19.9 Å². The van der Waals surface area contributed by atoms with Crippen LogP contribution in [-0.2, 0) is 9.47 Å². The fourth-order valence-electron chi connectivity index (χ4n) is 1.29. The number of para-hydroxylation sites is 2. The van der Waals surface area contributed by atoms with Crippen LogP contribution in [0.3, 0.4) is 0 Å². The summed E-state index contributed by atoms with van der Waals surface area (Å²) < 4.78 is 15.9. The van der Waals surface area contributed by atoms with E-state index in [1.807, 2.05) is 24.3 Å². The van der Waals surface area contributed by atoms with Crippen molar-refractivity contribution < 1.29 is 14.2 Å². The van der Waals surface area contributed by atoms with Crippen LogP contribution < -0.4 is 10.5 Å². The smallest absolute Gasteiger partial charge is 0.142 e. The third kappa shape index (κ3) is 2.84. The van der Waals surface area contributed by atoms with Crippen LogP contribution in [0.1, 0.15) is 0 Å². The molecule has 82 valence electrons. The fourth-order valence-corrected chi connectivity index (χ4v) is 1.29. The van der Waals surface area contributed by atoms with E-state index in [4.69, 9.17) is 19.9 Å². The monoisotopic (exact) mass is 209 g/mol. The van der Waals surface area contributed by atoms with Crippen molar-refractivity contribution in [3.63, 3.8) is 0 Å². The second-order valence-electron chi connectivity index (χ2n) is 3.42.